The van der Waals surface area contributed by atoms with Crippen molar-refractivity contribution in [2.24, 2.45) is 0 Å². The number of aliphatic carboxylic acids is 1. The first-order chi connectivity index (χ1) is 10.5. The second kappa shape index (κ2) is 7.29. The normalized spacial score (nSPS) is 17.8. The fourth-order valence-corrected chi connectivity index (χ4v) is 2.86. The highest BCUT2D eigenvalue weighted by molar-refractivity contribution is 5.81. The maximum atomic E-state index is 12.5. The number of hydrogen-bond acceptors (Lipinski definition) is 3. The van der Waals surface area contributed by atoms with Crippen LogP contribution in [0.3, 0.4) is 0 Å². The Morgan fingerprint density at radius 2 is 2.09 bits per heavy atom. The highest BCUT2D eigenvalue weighted by Gasteiger charge is 2.30. The fourth-order valence-electron chi connectivity index (χ4n) is 2.86. The molecule has 0 spiro atoms. The molecular formula is C17H23NO4. The molecule has 1 N–H and O–H groups in total. The number of para-hydroxylation sites is 1. The standard InChI is InChI=1S/C17H23NO4/c1-12(2)22-15-8-4-3-6-13(15)10-16(19)18-9-5-7-14(18)11-17(20)21/h3-4,6,8,12,14H,5,7,9-11H2,1-2H3,(H,20,21). The number of likely N-dealkylation sites (tertiary alicyclic amines) is 1. The molecule has 0 radical (unpaired) electrons. The molecule has 1 heterocycles. The molecule has 1 aliphatic rings. The second-order valence-electron chi connectivity index (χ2n) is 5.93. The molecule has 0 bridgehead atoms. The van der Waals surface area contributed by atoms with Crippen LogP contribution in [0.25, 0.3) is 0 Å². The van der Waals surface area contributed by atoms with Gasteiger partial charge in [0.05, 0.1) is 18.9 Å². The van der Waals surface area contributed by atoms with E-state index < -0.39 is 5.97 Å². The van der Waals surface area contributed by atoms with Crippen molar-refractivity contribution >= 4 is 11.9 Å². The zero-order valence-corrected chi connectivity index (χ0v) is 13.1. The molecule has 1 unspecified atom stereocenters. The minimum absolute atomic E-state index is 0.0237. The Hall–Kier alpha value is -2.04. The van der Waals surface area contributed by atoms with E-state index >= 15 is 0 Å². The monoisotopic (exact) mass is 305 g/mol. The van der Waals surface area contributed by atoms with Crippen LogP contribution in [0, 0.1) is 0 Å². The molecule has 1 atom stereocenters. The van der Waals surface area contributed by atoms with Crippen LogP contribution in [-0.2, 0) is 16.0 Å². The highest BCUT2D eigenvalue weighted by Crippen LogP contribution is 2.24. The van der Waals surface area contributed by atoms with Gasteiger partial charge >= 0.3 is 5.97 Å². The molecule has 1 saturated heterocycles. The lowest BCUT2D eigenvalue weighted by molar-refractivity contribution is -0.139. The zero-order valence-electron chi connectivity index (χ0n) is 13.1. The number of amides is 1. The van der Waals surface area contributed by atoms with Crippen molar-refractivity contribution in [3.63, 3.8) is 0 Å². The summed E-state index contributed by atoms with van der Waals surface area (Å²) < 4.78 is 5.74. The number of ether oxygens (including phenoxy) is 1. The van der Waals surface area contributed by atoms with E-state index in [4.69, 9.17) is 9.84 Å². The van der Waals surface area contributed by atoms with E-state index in [1.54, 1.807) is 4.90 Å². The molecule has 1 fully saturated rings. The summed E-state index contributed by atoms with van der Waals surface area (Å²) in [6.07, 6.45) is 1.95. The molecule has 1 amide bonds. The lowest BCUT2D eigenvalue weighted by Gasteiger charge is -2.24. The van der Waals surface area contributed by atoms with Crippen LogP contribution in [-0.4, -0.2) is 40.6 Å². The van der Waals surface area contributed by atoms with Gasteiger partial charge in [0.1, 0.15) is 5.75 Å². The minimum Gasteiger partial charge on any atom is -0.491 e. The molecule has 0 aromatic heterocycles. The summed E-state index contributed by atoms with van der Waals surface area (Å²) in [6.45, 7) is 4.54. The van der Waals surface area contributed by atoms with E-state index in [1.807, 2.05) is 38.1 Å². The number of benzene rings is 1. The predicted molar refractivity (Wildman–Crippen MR) is 82.9 cm³/mol. The molecule has 1 aromatic carbocycles. The van der Waals surface area contributed by atoms with Gasteiger partial charge in [0.2, 0.25) is 5.91 Å². The van der Waals surface area contributed by atoms with Crippen LogP contribution in [0.4, 0.5) is 0 Å². The topological polar surface area (TPSA) is 66.8 Å². The first-order valence-electron chi connectivity index (χ1n) is 7.73. The van der Waals surface area contributed by atoms with E-state index in [9.17, 15) is 9.59 Å². The third-order valence-corrected chi connectivity index (χ3v) is 3.78. The third-order valence-electron chi connectivity index (χ3n) is 3.78. The Morgan fingerprint density at radius 3 is 2.77 bits per heavy atom. The van der Waals surface area contributed by atoms with Gasteiger partial charge in [-0.25, -0.2) is 0 Å². The van der Waals surface area contributed by atoms with Crippen LogP contribution >= 0.6 is 0 Å². The minimum atomic E-state index is -0.853. The number of hydrogen-bond donors (Lipinski definition) is 1. The number of carboxylic acid groups (broad SMARTS) is 1. The van der Waals surface area contributed by atoms with Crippen LogP contribution in [0.5, 0.6) is 5.75 Å². The predicted octanol–water partition coefficient (Wildman–Crippen LogP) is 2.48. The summed E-state index contributed by atoms with van der Waals surface area (Å²) in [4.78, 5) is 25.1. The van der Waals surface area contributed by atoms with Crippen molar-refractivity contribution in [2.75, 3.05) is 6.54 Å². The number of carbonyl (C=O) groups excluding carboxylic acids is 1. The Bertz CT molecular complexity index is 541. The molecule has 22 heavy (non-hydrogen) atoms. The molecule has 5 nitrogen and oxygen atoms in total. The quantitative estimate of drug-likeness (QED) is 0.877. The number of carbonyl (C=O) groups is 2. The molecule has 2 rings (SSSR count). The second-order valence-corrected chi connectivity index (χ2v) is 5.93. The van der Waals surface area contributed by atoms with Crippen molar-refractivity contribution in [3.05, 3.63) is 29.8 Å². The van der Waals surface area contributed by atoms with Crippen molar-refractivity contribution in [3.8, 4) is 5.75 Å². The smallest absolute Gasteiger partial charge is 0.305 e. The largest absolute Gasteiger partial charge is 0.491 e. The SMILES string of the molecule is CC(C)Oc1ccccc1CC(=O)N1CCCC1CC(=O)O. The van der Waals surface area contributed by atoms with Gasteiger partial charge < -0.3 is 14.7 Å². The molecule has 1 aliphatic heterocycles. The Balaban J connectivity index is 2.07. The molecule has 0 saturated carbocycles. The highest BCUT2D eigenvalue weighted by atomic mass is 16.5. The van der Waals surface area contributed by atoms with E-state index in [2.05, 4.69) is 0 Å². The van der Waals surface area contributed by atoms with Crippen molar-refractivity contribution in [2.45, 2.75) is 51.7 Å². The lowest BCUT2D eigenvalue weighted by Crippen LogP contribution is -2.37. The van der Waals surface area contributed by atoms with Crippen molar-refractivity contribution in [1.82, 2.24) is 4.90 Å². The molecule has 120 valence electrons. The Morgan fingerprint density at radius 1 is 1.36 bits per heavy atom. The average Bonchev–Trinajstić information content (AvgIpc) is 2.87. The van der Waals surface area contributed by atoms with E-state index in [-0.39, 0.29) is 30.9 Å². The van der Waals surface area contributed by atoms with Gasteiger partial charge in [-0.15, -0.1) is 0 Å². The number of nitrogens with zero attached hydrogens (tertiary/aromatic N) is 1. The Kier molecular flexibility index (Phi) is 5.41. The fraction of sp³-hybridized carbons (Fsp3) is 0.529. The number of carboxylic acids is 1. The Labute approximate surface area is 130 Å². The van der Waals surface area contributed by atoms with Crippen molar-refractivity contribution in [1.29, 1.82) is 0 Å². The molecule has 5 heteroatoms. The van der Waals surface area contributed by atoms with Gasteiger partial charge in [0, 0.05) is 18.2 Å². The van der Waals surface area contributed by atoms with Crippen LogP contribution in [0.2, 0.25) is 0 Å². The zero-order chi connectivity index (χ0) is 16.1. The van der Waals surface area contributed by atoms with Gasteiger partial charge in [-0.05, 0) is 32.8 Å². The summed E-state index contributed by atoms with van der Waals surface area (Å²) in [5.74, 6) is -0.156. The van der Waals surface area contributed by atoms with Gasteiger partial charge in [0.15, 0.2) is 0 Å². The summed E-state index contributed by atoms with van der Waals surface area (Å²) >= 11 is 0. The average molecular weight is 305 g/mol. The first-order valence-corrected chi connectivity index (χ1v) is 7.73. The first kappa shape index (κ1) is 16.3. The van der Waals surface area contributed by atoms with Crippen LogP contribution < -0.4 is 4.74 Å². The van der Waals surface area contributed by atoms with Crippen LogP contribution in [0.15, 0.2) is 24.3 Å². The van der Waals surface area contributed by atoms with E-state index in [0.717, 1.165) is 24.2 Å². The molecular weight excluding hydrogens is 282 g/mol. The summed E-state index contributed by atoms with van der Waals surface area (Å²) in [6, 6.07) is 7.34. The summed E-state index contributed by atoms with van der Waals surface area (Å²) in [5, 5.41) is 8.95. The summed E-state index contributed by atoms with van der Waals surface area (Å²) in [7, 11) is 0. The maximum absolute atomic E-state index is 12.5. The van der Waals surface area contributed by atoms with Crippen LogP contribution in [0.1, 0.15) is 38.7 Å². The van der Waals surface area contributed by atoms with Crippen molar-refractivity contribution < 1.29 is 19.4 Å². The van der Waals surface area contributed by atoms with Gasteiger partial charge in [-0.3, -0.25) is 9.59 Å². The van der Waals surface area contributed by atoms with Gasteiger partial charge in [-0.2, -0.15) is 0 Å². The van der Waals surface area contributed by atoms with Gasteiger partial charge in [0.25, 0.3) is 0 Å². The molecule has 0 aliphatic carbocycles. The maximum Gasteiger partial charge on any atom is 0.305 e. The van der Waals surface area contributed by atoms with E-state index in [1.165, 1.54) is 0 Å². The number of rotatable bonds is 6. The summed E-state index contributed by atoms with van der Waals surface area (Å²) in [5.41, 5.74) is 0.849. The van der Waals surface area contributed by atoms with E-state index in [0.29, 0.717) is 6.54 Å². The third kappa shape index (κ3) is 4.23. The van der Waals surface area contributed by atoms with Gasteiger partial charge in [-0.1, -0.05) is 18.2 Å². The molecule has 1 aromatic rings. The lowest BCUT2D eigenvalue weighted by atomic mass is 10.1.